The molecule has 0 spiro atoms. The zero-order valence-corrected chi connectivity index (χ0v) is 13.3. The molecule has 0 saturated heterocycles. The monoisotopic (exact) mass is 321 g/mol. The van der Waals surface area contributed by atoms with Gasteiger partial charge in [0.25, 0.3) is 0 Å². The highest BCUT2D eigenvalue weighted by Crippen LogP contribution is 2.32. The van der Waals surface area contributed by atoms with E-state index in [2.05, 4.69) is 11.4 Å². The van der Waals surface area contributed by atoms with Crippen molar-refractivity contribution in [1.29, 1.82) is 0 Å². The third-order valence-electron chi connectivity index (χ3n) is 3.69. The molecule has 0 radical (unpaired) electrons. The first kappa shape index (κ1) is 14.7. The average Bonchev–Trinajstić information content (AvgIpc) is 3.31. The lowest BCUT2D eigenvalue weighted by Crippen LogP contribution is -2.15. The van der Waals surface area contributed by atoms with Crippen LogP contribution >= 0.6 is 23.2 Å². The molecule has 0 amide bonds. The highest BCUT2D eigenvalue weighted by Gasteiger charge is 2.20. The lowest BCUT2D eigenvalue weighted by Gasteiger charge is -2.10. The quantitative estimate of drug-likeness (QED) is 0.843. The van der Waals surface area contributed by atoms with Gasteiger partial charge in [-0.05, 0) is 53.8 Å². The van der Waals surface area contributed by atoms with Crippen molar-refractivity contribution in [3.63, 3.8) is 0 Å². The fourth-order valence-electron chi connectivity index (χ4n) is 2.27. The fraction of sp³-hybridized carbons (Fsp3) is 0.294. The maximum atomic E-state index is 6.29. The van der Waals surface area contributed by atoms with Gasteiger partial charge in [-0.1, -0.05) is 35.3 Å². The van der Waals surface area contributed by atoms with Crippen LogP contribution in [0.15, 0.2) is 36.4 Å². The topological polar surface area (TPSA) is 21.3 Å². The van der Waals surface area contributed by atoms with Crippen LogP contribution in [0, 0.1) is 0 Å². The van der Waals surface area contributed by atoms with Crippen molar-refractivity contribution in [1.82, 2.24) is 5.32 Å². The lowest BCUT2D eigenvalue weighted by atomic mass is 10.0. The number of rotatable bonds is 5. The largest absolute Gasteiger partial charge is 0.495 e. The number of hydrogen-bond donors (Lipinski definition) is 1. The van der Waals surface area contributed by atoms with E-state index in [0.717, 1.165) is 28.3 Å². The van der Waals surface area contributed by atoms with E-state index in [1.165, 1.54) is 12.8 Å². The van der Waals surface area contributed by atoms with Crippen LogP contribution in [0.25, 0.3) is 11.1 Å². The van der Waals surface area contributed by atoms with E-state index in [1.54, 1.807) is 7.11 Å². The first-order chi connectivity index (χ1) is 10.2. The number of hydrogen-bond acceptors (Lipinski definition) is 2. The van der Waals surface area contributed by atoms with Gasteiger partial charge in [0.15, 0.2) is 0 Å². The summed E-state index contributed by atoms with van der Waals surface area (Å²) in [4.78, 5) is 0. The van der Waals surface area contributed by atoms with Gasteiger partial charge in [0.2, 0.25) is 0 Å². The van der Waals surface area contributed by atoms with Crippen LogP contribution in [0.5, 0.6) is 5.75 Å². The molecule has 1 N–H and O–H groups in total. The van der Waals surface area contributed by atoms with Gasteiger partial charge in [-0.25, -0.2) is 0 Å². The second kappa shape index (κ2) is 6.27. The predicted octanol–water partition coefficient (Wildman–Crippen LogP) is 4.92. The molecule has 2 aromatic carbocycles. The molecule has 2 aromatic rings. The molecule has 3 rings (SSSR count). The molecular weight excluding hydrogens is 305 g/mol. The zero-order chi connectivity index (χ0) is 14.8. The molecule has 1 aliphatic rings. The molecule has 1 fully saturated rings. The van der Waals surface area contributed by atoms with Crippen molar-refractivity contribution in [2.45, 2.75) is 25.4 Å². The van der Waals surface area contributed by atoms with Gasteiger partial charge in [0.05, 0.1) is 12.1 Å². The summed E-state index contributed by atoms with van der Waals surface area (Å²) in [5, 5.41) is 4.91. The van der Waals surface area contributed by atoms with E-state index < -0.39 is 0 Å². The Morgan fingerprint density at radius 3 is 2.38 bits per heavy atom. The summed E-state index contributed by atoms with van der Waals surface area (Å²) in [7, 11) is 1.62. The molecule has 0 aliphatic heterocycles. The highest BCUT2D eigenvalue weighted by molar-refractivity contribution is 6.32. The van der Waals surface area contributed by atoms with E-state index in [9.17, 15) is 0 Å². The van der Waals surface area contributed by atoms with Crippen molar-refractivity contribution < 1.29 is 4.74 Å². The maximum absolute atomic E-state index is 6.29. The highest BCUT2D eigenvalue weighted by atomic mass is 35.5. The van der Waals surface area contributed by atoms with Crippen LogP contribution in [0.4, 0.5) is 0 Å². The molecule has 0 atom stereocenters. The van der Waals surface area contributed by atoms with E-state index in [1.807, 2.05) is 30.3 Å². The second-order valence-electron chi connectivity index (χ2n) is 5.31. The summed E-state index contributed by atoms with van der Waals surface area (Å²) >= 11 is 12.4. The van der Waals surface area contributed by atoms with Crippen LogP contribution in [0.2, 0.25) is 10.0 Å². The van der Waals surface area contributed by atoms with Crippen LogP contribution in [-0.4, -0.2) is 13.2 Å². The Labute approximate surface area is 135 Å². The minimum absolute atomic E-state index is 0.617. The Morgan fingerprint density at radius 2 is 1.71 bits per heavy atom. The third kappa shape index (κ3) is 3.52. The number of ether oxygens (including phenoxy) is 1. The van der Waals surface area contributed by atoms with E-state index in [0.29, 0.717) is 16.8 Å². The third-order valence-corrected chi connectivity index (χ3v) is 4.37. The van der Waals surface area contributed by atoms with Crippen molar-refractivity contribution in [3.05, 3.63) is 52.0 Å². The van der Waals surface area contributed by atoms with Crippen LogP contribution in [-0.2, 0) is 6.54 Å². The number of benzene rings is 2. The molecular formula is C17H17Cl2NO. The lowest BCUT2D eigenvalue weighted by molar-refractivity contribution is 0.415. The standard InChI is InChI=1S/C17H17Cl2NO/c1-21-17-9-12(3-7-16(17)19)11-2-6-15(18)13(8-11)10-20-14-4-5-14/h2-3,6-9,14,20H,4-5,10H2,1H3. The van der Waals surface area contributed by atoms with Crippen molar-refractivity contribution >= 4 is 23.2 Å². The Morgan fingerprint density at radius 1 is 1.05 bits per heavy atom. The predicted molar refractivity (Wildman–Crippen MR) is 88.3 cm³/mol. The Balaban J connectivity index is 1.88. The van der Waals surface area contributed by atoms with Crippen molar-refractivity contribution in [3.8, 4) is 16.9 Å². The molecule has 0 unspecified atom stereocenters. The molecule has 110 valence electrons. The molecule has 4 heteroatoms. The van der Waals surface area contributed by atoms with Crippen molar-refractivity contribution in [2.24, 2.45) is 0 Å². The van der Waals surface area contributed by atoms with Crippen LogP contribution < -0.4 is 10.1 Å². The summed E-state index contributed by atoms with van der Waals surface area (Å²) in [5.41, 5.74) is 3.30. The van der Waals surface area contributed by atoms with Gasteiger partial charge in [0, 0.05) is 17.6 Å². The van der Waals surface area contributed by atoms with Gasteiger partial charge >= 0.3 is 0 Å². The average molecular weight is 322 g/mol. The Bertz CT molecular complexity index is 653. The summed E-state index contributed by atoms with van der Waals surface area (Å²) < 4.78 is 5.28. The number of nitrogens with one attached hydrogen (secondary N) is 1. The zero-order valence-electron chi connectivity index (χ0n) is 11.8. The SMILES string of the molecule is COc1cc(-c2ccc(Cl)c(CNC3CC3)c2)ccc1Cl. The fourth-order valence-corrected chi connectivity index (χ4v) is 2.65. The minimum atomic E-state index is 0.617. The van der Waals surface area contributed by atoms with E-state index >= 15 is 0 Å². The maximum Gasteiger partial charge on any atom is 0.138 e. The van der Waals surface area contributed by atoms with Gasteiger partial charge in [-0.2, -0.15) is 0 Å². The van der Waals surface area contributed by atoms with Crippen LogP contribution in [0.1, 0.15) is 18.4 Å². The number of methoxy groups -OCH3 is 1. The van der Waals surface area contributed by atoms with Gasteiger partial charge in [0.1, 0.15) is 5.75 Å². The van der Waals surface area contributed by atoms with Gasteiger partial charge < -0.3 is 10.1 Å². The Hall–Kier alpha value is -1.22. The van der Waals surface area contributed by atoms with E-state index in [4.69, 9.17) is 27.9 Å². The second-order valence-corrected chi connectivity index (χ2v) is 6.13. The molecule has 1 saturated carbocycles. The summed E-state index contributed by atoms with van der Waals surface area (Å²) in [6, 6.07) is 12.6. The molecule has 0 aromatic heterocycles. The van der Waals surface area contributed by atoms with Gasteiger partial charge in [-0.3, -0.25) is 0 Å². The normalized spacial score (nSPS) is 14.2. The molecule has 0 bridgehead atoms. The summed E-state index contributed by atoms with van der Waals surface area (Å²) in [6.45, 7) is 0.808. The smallest absolute Gasteiger partial charge is 0.138 e. The van der Waals surface area contributed by atoms with E-state index in [-0.39, 0.29) is 0 Å². The Kier molecular flexibility index (Phi) is 4.39. The number of halogens is 2. The first-order valence-electron chi connectivity index (χ1n) is 7.03. The van der Waals surface area contributed by atoms with Crippen LogP contribution in [0.3, 0.4) is 0 Å². The molecule has 0 heterocycles. The minimum Gasteiger partial charge on any atom is -0.495 e. The van der Waals surface area contributed by atoms with Crippen molar-refractivity contribution in [2.75, 3.05) is 7.11 Å². The van der Waals surface area contributed by atoms with Gasteiger partial charge in [-0.15, -0.1) is 0 Å². The summed E-state index contributed by atoms with van der Waals surface area (Å²) in [5.74, 6) is 0.682. The molecule has 21 heavy (non-hydrogen) atoms. The first-order valence-corrected chi connectivity index (χ1v) is 7.78. The summed E-state index contributed by atoms with van der Waals surface area (Å²) in [6.07, 6.45) is 2.54. The molecule has 2 nitrogen and oxygen atoms in total. The molecule has 1 aliphatic carbocycles.